The van der Waals surface area contributed by atoms with Gasteiger partial charge in [-0.05, 0) is 36.4 Å². The summed E-state index contributed by atoms with van der Waals surface area (Å²) in [5, 5.41) is 20.6. The maximum atomic E-state index is 12.4. The maximum absolute atomic E-state index is 12.4. The highest BCUT2D eigenvalue weighted by Gasteiger charge is 2.33. The minimum Gasteiger partial charge on any atom is -0.507 e. The van der Waals surface area contributed by atoms with Crippen molar-refractivity contribution in [2.45, 2.75) is 0 Å². The molecule has 3 aromatic rings. The second kappa shape index (κ2) is 8.35. The van der Waals surface area contributed by atoms with E-state index in [2.05, 4.69) is 0 Å². The molecule has 0 bridgehead atoms. The molecule has 2 aromatic carbocycles. The molecule has 1 aromatic heterocycles. The summed E-state index contributed by atoms with van der Waals surface area (Å²) >= 11 is 6.11. The number of halogens is 1. The van der Waals surface area contributed by atoms with E-state index in [-0.39, 0.29) is 33.1 Å². The lowest BCUT2D eigenvalue weighted by atomic mass is 10.0. The van der Waals surface area contributed by atoms with E-state index in [0.29, 0.717) is 43.4 Å². The van der Waals surface area contributed by atoms with Gasteiger partial charge in [0.15, 0.2) is 11.0 Å². The molecular formula is C21H18ClNO7. The average Bonchev–Trinajstić information content (AvgIpc) is 2.69. The largest absolute Gasteiger partial charge is 0.507 e. The number of phenols is 1. The van der Waals surface area contributed by atoms with E-state index in [1.807, 2.05) is 0 Å². The molecule has 156 valence electrons. The quantitative estimate of drug-likeness (QED) is 0.549. The number of rotatable bonds is 7. The molecule has 4 rings (SSSR count). The van der Waals surface area contributed by atoms with E-state index in [1.54, 1.807) is 29.3 Å². The molecule has 30 heavy (non-hydrogen) atoms. The van der Waals surface area contributed by atoms with Gasteiger partial charge in [-0.25, -0.2) is 0 Å². The Morgan fingerprint density at radius 2 is 1.90 bits per heavy atom. The third-order valence-electron chi connectivity index (χ3n) is 4.77. The Balaban J connectivity index is 1.37. The molecule has 1 aliphatic heterocycles. The van der Waals surface area contributed by atoms with E-state index in [1.165, 1.54) is 18.2 Å². The van der Waals surface area contributed by atoms with Crippen molar-refractivity contribution in [1.82, 2.24) is 5.06 Å². The number of phenolic OH excluding ortho intramolecular Hbond substituents is 1. The van der Waals surface area contributed by atoms with Crippen molar-refractivity contribution < 1.29 is 29.0 Å². The Morgan fingerprint density at radius 1 is 1.17 bits per heavy atom. The average molecular weight is 432 g/mol. The van der Waals surface area contributed by atoms with Gasteiger partial charge in [-0.15, -0.1) is 0 Å². The molecule has 2 heterocycles. The number of hydrogen-bond acceptors (Lipinski definition) is 7. The summed E-state index contributed by atoms with van der Waals surface area (Å²) in [6.45, 7) is 1.36. The zero-order valence-corrected chi connectivity index (χ0v) is 16.5. The van der Waals surface area contributed by atoms with Crippen LogP contribution in [0.5, 0.6) is 11.5 Å². The standard InChI is InChI=1S/C21H18ClNO7/c22-15-5-6-16(24)19-17(25)9-18(30-20(15)19)12-1-3-14(4-2-12)28-7-8-29-23-10-13(11-23)21(26)27/h1-6,9,13,24H,7-8,10-11H2,(H,26,27). The number of carboxylic acids is 1. The molecule has 0 radical (unpaired) electrons. The van der Waals surface area contributed by atoms with Crippen LogP contribution in [0.3, 0.4) is 0 Å². The molecule has 0 aliphatic carbocycles. The lowest BCUT2D eigenvalue weighted by Crippen LogP contribution is -2.50. The summed E-state index contributed by atoms with van der Waals surface area (Å²) in [5.74, 6) is -0.439. The minimum absolute atomic E-state index is 0.0445. The Labute approximate surface area is 175 Å². The van der Waals surface area contributed by atoms with Crippen LogP contribution in [0.1, 0.15) is 0 Å². The predicted molar refractivity (Wildman–Crippen MR) is 109 cm³/mol. The van der Waals surface area contributed by atoms with Gasteiger partial charge in [-0.2, -0.15) is 5.06 Å². The summed E-state index contributed by atoms with van der Waals surface area (Å²) in [4.78, 5) is 28.5. The van der Waals surface area contributed by atoms with Gasteiger partial charge in [-0.3, -0.25) is 14.4 Å². The van der Waals surface area contributed by atoms with Crippen molar-refractivity contribution >= 4 is 28.5 Å². The zero-order valence-electron chi connectivity index (χ0n) is 15.7. The van der Waals surface area contributed by atoms with Crippen molar-refractivity contribution in [2.24, 2.45) is 5.92 Å². The van der Waals surface area contributed by atoms with Crippen molar-refractivity contribution in [3.05, 3.63) is 57.7 Å². The van der Waals surface area contributed by atoms with Gasteiger partial charge >= 0.3 is 5.97 Å². The van der Waals surface area contributed by atoms with E-state index >= 15 is 0 Å². The number of aromatic hydroxyl groups is 1. The van der Waals surface area contributed by atoms with Crippen LogP contribution in [0, 0.1) is 5.92 Å². The number of carboxylic acid groups (broad SMARTS) is 1. The molecule has 8 nitrogen and oxygen atoms in total. The first-order chi connectivity index (χ1) is 14.4. The Kier molecular flexibility index (Phi) is 5.63. The Hall–Kier alpha value is -3.07. The number of aliphatic carboxylic acids is 1. The summed E-state index contributed by atoms with van der Waals surface area (Å²) in [6, 6.07) is 11.1. The van der Waals surface area contributed by atoms with Crippen molar-refractivity contribution in [3.8, 4) is 22.8 Å². The summed E-state index contributed by atoms with van der Waals surface area (Å²) in [6.07, 6.45) is 0. The van der Waals surface area contributed by atoms with E-state index < -0.39 is 5.97 Å². The molecule has 1 aliphatic rings. The highest BCUT2D eigenvalue weighted by molar-refractivity contribution is 6.35. The first-order valence-corrected chi connectivity index (χ1v) is 9.59. The second-order valence-electron chi connectivity index (χ2n) is 6.83. The van der Waals surface area contributed by atoms with Crippen molar-refractivity contribution in [1.29, 1.82) is 0 Å². The lowest BCUT2D eigenvalue weighted by Gasteiger charge is -2.35. The van der Waals surface area contributed by atoms with E-state index in [4.69, 9.17) is 30.7 Å². The first kappa shape index (κ1) is 20.2. The van der Waals surface area contributed by atoms with Crippen LogP contribution < -0.4 is 10.2 Å². The van der Waals surface area contributed by atoms with Gasteiger partial charge in [0.1, 0.15) is 35.9 Å². The maximum Gasteiger partial charge on any atom is 0.309 e. The topological polar surface area (TPSA) is 109 Å². The van der Waals surface area contributed by atoms with Crippen LogP contribution in [0.15, 0.2) is 51.7 Å². The normalized spacial score (nSPS) is 14.6. The molecule has 9 heteroatoms. The summed E-state index contributed by atoms with van der Waals surface area (Å²) in [7, 11) is 0. The van der Waals surface area contributed by atoms with Gasteiger partial charge in [-0.1, -0.05) is 11.6 Å². The van der Waals surface area contributed by atoms with Crippen LogP contribution in [0.25, 0.3) is 22.3 Å². The number of carbonyl (C=O) groups is 1. The van der Waals surface area contributed by atoms with Crippen LogP contribution in [0.4, 0.5) is 0 Å². The SMILES string of the molecule is O=C(O)C1CN(OCCOc2ccc(-c3cc(=O)c4c(O)ccc(Cl)c4o3)cc2)C1. The molecular weight excluding hydrogens is 414 g/mol. The fraction of sp³-hybridized carbons (Fsp3) is 0.238. The predicted octanol–water partition coefficient (Wildman–Crippen LogP) is 3.15. The Morgan fingerprint density at radius 3 is 2.60 bits per heavy atom. The summed E-state index contributed by atoms with van der Waals surface area (Å²) < 4.78 is 11.4. The van der Waals surface area contributed by atoms with Crippen LogP contribution in [0.2, 0.25) is 5.02 Å². The monoisotopic (exact) mass is 431 g/mol. The second-order valence-corrected chi connectivity index (χ2v) is 7.24. The molecule has 1 fully saturated rings. The van der Waals surface area contributed by atoms with Crippen LogP contribution in [-0.2, 0) is 9.63 Å². The van der Waals surface area contributed by atoms with Crippen molar-refractivity contribution in [2.75, 3.05) is 26.3 Å². The fourth-order valence-electron chi connectivity index (χ4n) is 3.10. The van der Waals surface area contributed by atoms with Crippen LogP contribution in [-0.4, -0.2) is 47.5 Å². The highest BCUT2D eigenvalue weighted by Crippen LogP contribution is 2.32. The number of hydrogen-bond donors (Lipinski definition) is 2. The van der Waals surface area contributed by atoms with Gasteiger partial charge in [0.25, 0.3) is 0 Å². The summed E-state index contributed by atoms with van der Waals surface area (Å²) in [5.41, 5.74) is 0.393. The molecule has 0 unspecified atom stereocenters. The third kappa shape index (κ3) is 4.11. The molecule has 2 N–H and O–H groups in total. The van der Waals surface area contributed by atoms with E-state index in [0.717, 1.165) is 0 Å². The minimum atomic E-state index is -0.812. The van der Waals surface area contributed by atoms with Gasteiger partial charge in [0.05, 0.1) is 10.9 Å². The third-order valence-corrected chi connectivity index (χ3v) is 5.07. The number of nitrogens with zero attached hydrogens (tertiary/aromatic N) is 1. The highest BCUT2D eigenvalue weighted by atomic mass is 35.5. The van der Waals surface area contributed by atoms with E-state index in [9.17, 15) is 14.7 Å². The number of fused-ring (bicyclic) bond motifs is 1. The van der Waals surface area contributed by atoms with Gasteiger partial charge < -0.3 is 19.4 Å². The molecule has 0 spiro atoms. The number of benzene rings is 2. The van der Waals surface area contributed by atoms with Gasteiger partial charge in [0.2, 0.25) is 0 Å². The smallest absolute Gasteiger partial charge is 0.309 e. The fourth-order valence-corrected chi connectivity index (χ4v) is 3.29. The van der Waals surface area contributed by atoms with Crippen LogP contribution >= 0.6 is 11.6 Å². The molecule has 0 saturated carbocycles. The number of ether oxygens (including phenoxy) is 1. The molecule has 0 atom stereocenters. The van der Waals surface area contributed by atoms with Gasteiger partial charge in [0, 0.05) is 24.7 Å². The number of hydroxylamine groups is 2. The Bertz CT molecular complexity index is 1140. The first-order valence-electron chi connectivity index (χ1n) is 9.21. The molecule has 0 amide bonds. The molecule has 1 saturated heterocycles. The lowest BCUT2D eigenvalue weighted by molar-refractivity contribution is -0.226. The van der Waals surface area contributed by atoms with Crippen molar-refractivity contribution in [3.63, 3.8) is 0 Å². The zero-order chi connectivity index (χ0) is 21.3.